The van der Waals surface area contributed by atoms with Crippen LogP contribution in [-0.2, 0) is 9.53 Å². The Balaban J connectivity index is 2.58. The molecule has 118 valence electrons. The lowest BCUT2D eigenvalue weighted by Crippen LogP contribution is -2.51. The van der Waals surface area contributed by atoms with Crippen LogP contribution in [0.2, 0.25) is 0 Å². The molecule has 0 bridgehead atoms. The summed E-state index contributed by atoms with van der Waals surface area (Å²) < 4.78 is 6.28. The topological polar surface area (TPSA) is 38.3 Å². The normalized spacial score (nSPS) is 13.7. The molecule has 0 spiro atoms. The van der Waals surface area contributed by atoms with Gasteiger partial charge in [0.2, 0.25) is 0 Å². The molecule has 0 heterocycles. The zero-order chi connectivity index (χ0) is 15.7. The van der Waals surface area contributed by atoms with Gasteiger partial charge < -0.3 is 10.1 Å². The number of nitrogens with one attached hydrogen (secondary N) is 1. The third kappa shape index (κ3) is 6.41. The Bertz CT molecular complexity index is 456. The average Bonchev–Trinajstić information content (AvgIpc) is 2.45. The lowest BCUT2D eigenvalue weighted by molar-refractivity contribution is -0.150. The van der Waals surface area contributed by atoms with E-state index in [4.69, 9.17) is 4.74 Å². The number of carbonyl (C=O) groups is 1. The van der Waals surface area contributed by atoms with Crippen molar-refractivity contribution in [1.29, 1.82) is 0 Å². The highest BCUT2D eigenvalue weighted by Crippen LogP contribution is 2.25. The van der Waals surface area contributed by atoms with E-state index in [0.717, 1.165) is 29.6 Å². The van der Waals surface area contributed by atoms with Gasteiger partial charge in [-0.1, -0.05) is 28.9 Å². The molecule has 1 rings (SSSR count). The second-order valence-electron chi connectivity index (χ2n) is 5.04. The minimum Gasteiger partial charge on any atom is -0.465 e. The first-order valence-electron chi connectivity index (χ1n) is 7.32. The molecule has 0 radical (unpaired) electrons. The van der Waals surface area contributed by atoms with E-state index >= 15 is 0 Å². The van der Waals surface area contributed by atoms with Gasteiger partial charge in [0.05, 0.1) is 6.61 Å². The summed E-state index contributed by atoms with van der Waals surface area (Å²) in [7, 11) is 0. The van der Waals surface area contributed by atoms with Crippen LogP contribution >= 0.6 is 27.7 Å². The van der Waals surface area contributed by atoms with Gasteiger partial charge in [0, 0.05) is 15.1 Å². The molecule has 0 aliphatic heterocycles. The summed E-state index contributed by atoms with van der Waals surface area (Å²) in [5, 5.41) is 3.33. The minimum atomic E-state index is -0.606. The van der Waals surface area contributed by atoms with Gasteiger partial charge in [-0.15, -0.1) is 11.8 Å². The highest BCUT2D eigenvalue weighted by Gasteiger charge is 2.33. The number of hydrogen-bond acceptors (Lipinski definition) is 4. The molecule has 0 aromatic heterocycles. The van der Waals surface area contributed by atoms with Gasteiger partial charge in [0.15, 0.2) is 0 Å². The van der Waals surface area contributed by atoms with Crippen LogP contribution in [0, 0.1) is 0 Å². The molecule has 0 aliphatic carbocycles. The molecule has 0 fully saturated rings. The van der Waals surface area contributed by atoms with Gasteiger partial charge in [-0.3, -0.25) is 4.79 Å². The van der Waals surface area contributed by atoms with Crippen molar-refractivity contribution in [2.75, 3.05) is 18.9 Å². The van der Waals surface area contributed by atoms with Gasteiger partial charge >= 0.3 is 5.97 Å². The van der Waals surface area contributed by atoms with E-state index in [1.807, 2.05) is 26.0 Å². The number of rotatable bonds is 9. The molecule has 1 atom stereocenters. The van der Waals surface area contributed by atoms with Gasteiger partial charge in [-0.2, -0.15) is 0 Å². The fraction of sp³-hybridized carbons (Fsp3) is 0.562. The van der Waals surface area contributed by atoms with Crippen LogP contribution in [0.3, 0.4) is 0 Å². The molecule has 1 aromatic carbocycles. The van der Waals surface area contributed by atoms with Crippen molar-refractivity contribution in [3.8, 4) is 0 Å². The van der Waals surface area contributed by atoms with Crippen LogP contribution in [-0.4, -0.2) is 30.4 Å². The first kappa shape index (κ1) is 18.5. The average molecular weight is 374 g/mol. The summed E-state index contributed by atoms with van der Waals surface area (Å²) >= 11 is 5.22. The SMILES string of the molecule is CCCNC(C)(CCSc1cccc(Br)c1)C(=O)OCC. The first-order valence-corrected chi connectivity index (χ1v) is 9.10. The molecule has 0 aliphatic rings. The molecule has 1 aromatic rings. The summed E-state index contributed by atoms with van der Waals surface area (Å²) in [4.78, 5) is 13.4. The summed E-state index contributed by atoms with van der Waals surface area (Å²) in [6.45, 7) is 7.10. The van der Waals surface area contributed by atoms with Crippen LogP contribution < -0.4 is 5.32 Å². The van der Waals surface area contributed by atoms with Gasteiger partial charge in [0.25, 0.3) is 0 Å². The van der Waals surface area contributed by atoms with Crippen LogP contribution in [0.25, 0.3) is 0 Å². The van der Waals surface area contributed by atoms with E-state index in [0.29, 0.717) is 6.61 Å². The Labute approximate surface area is 140 Å². The smallest absolute Gasteiger partial charge is 0.326 e. The molecule has 0 saturated heterocycles. The van der Waals surface area contributed by atoms with Crippen LogP contribution in [0.4, 0.5) is 0 Å². The van der Waals surface area contributed by atoms with E-state index in [2.05, 4.69) is 40.3 Å². The monoisotopic (exact) mass is 373 g/mol. The number of ether oxygens (including phenoxy) is 1. The van der Waals surface area contributed by atoms with Crippen molar-refractivity contribution in [3.63, 3.8) is 0 Å². The maximum absolute atomic E-state index is 12.2. The standard InChI is InChI=1S/C16H24BrNO2S/c1-4-10-18-16(3,15(19)20-5-2)9-11-21-14-8-6-7-13(17)12-14/h6-8,12,18H,4-5,9-11H2,1-3H3. The number of carbonyl (C=O) groups excluding carboxylic acids is 1. The highest BCUT2D eigenvalue weighted by molar-refractivity contribution is 9.10. The summed E-state index contributed by atoms with van der Waals surface area (Å²) in [5.74, 6) is 0.705. The van der Waals surface area contributed by atoms with Crippen LogP contribution in [0.5, 0.6) is 0 Å². The predicted molar refractivity (Wildman–Crippen MR) is 92.8 cm³/mol. The Morgan fingerprint density at radius 3 is 2.81 bits per heavy atom. The maximum atomic E-state index is 12.2. The lowest BCUT2D eigenvalue weighted by Gasteiger charge is -2.28. The minimum absolute atomic E-state index is 0.159. The Morgan fingerprint density at radius 2 is 2.19 bits per heavy atom. The van der Waals surface area contributed by atoms with Gasteiger partial charge in [-0.25, -0.2) is 0 Å². The summed E-state index contributed by atoms with van der Waals surface area (Å²) in [5.41, 5.74) is -0.606. The first-order chi connectivity index (χ1) is 10.0. The fourth-order valence-electron chi connectivity index (χ4n) is 1.88. The van der Waals surface area contributed by atoms with Crippen molar-refractivity contribution in [1.82, 2.24) is 5.32 Å². The van der Waals surface area contributed by atoms with E-state index in [1.54, 1.807) is 11.8 Å². The summed E-state index contributed by atoms with van der Waals surface area (Å²) in [6, 6.07) is 8.20. The molecule has 0 saturated carbocycles. The largest absolute Gasteiger partial charge is 0.465 e. The number of esters is 1. The molecule has 0 amide bonds. The molecule has 5 heteroatoms. The van der Waals surface area contributed by atoms with E-state index in [1.165, 1.54) is 4.90 Å². The second kappa shape index (κ2) is 9.49. The lowest BCUT2D eigenvalue weighted by atomic mass is 9.99. The number of benzene rings is 1. The van der Waals surface area contributed by atoms with E-state index in [9.17, 15) is 4.79 Å². The van der Waals surface area contributed by atoms with Gasteiger partial charge in [-0.05, 0) is 51.4 Å². The molecular formula is C16H24BrNO2S. The maximum Gasteiger partial charge on any atom is 0.326 e. The van der Waals surface area contributed by atoms with Crippen molar-refractivity contribution >= 4 is 33.7 Å². The van der Waals surface area contributed by atoms with Crippen LogP contribution in [0.15, 0.2) is 33.6 Å². The molecule has 3 nitrogen and oxygen atoms in total. The van der Waals surface area contributed by atoms with Crippen molar-refractivity contribution < 1.29 is 9.53 Å². The Hall–Kier alpha value is -0.520. The second-order valence-corrected chi connectivity index (χ2v) is 7.12. The quantitative estimate of drug-likeness (QED) is 0.518. The molecule has 21 heavy (non-hydrogen) atoms. The summed E-state index contributed by atoms with van der Waals surface area (Å²) in [6.07, 6.45) is 1.73. The number of thioether (sulfide) groups is 1. The number of hydrogen-bond donors (Lipinski definition) is 1. The van der Waals surface area contributed by atoms with Gasteiger partial charge in [0.1, 0.15) is 5.54 Å². The van der Waals surface area contributed by atoms with E-state index < -0.39 is 5.54 Å². The Morgan fingerprint density at radius 1 is 1.43 bits per heavy atom. The zero-order valence-electron chi connectivity index (χ0n) is 12.9. The zero-order valence-corrected chi connectivity index (χ0v) is 15.4. The van der Waals surface area contributed by atoms with Crippen molar-refractivity contribution in [3.05, 3.63) is 28.7 Å². The molecular weight excluding hydrogens is 350 g/mol. The van der Waals surface area contributed by atoms with Crippen LogP contribution in [0.1, 0.15) is 33.6 Å². The molecule has 1 unspecified atom stereocenters. The highest BCUT2D eigenvalue weighted by atomic mass is 79.9. The predicted octanol–water partition coefficient (Wildman–Crippen LogP) is 4.25. The fourth-order valence-corrected chi connectivity index (χ4v) is 3.57. The molecule has 1 N–H and O–H groups in total. The van der Waals surface area contributed by atoms with Crippen molar-refractivity contribution in [2.24, 2.45) is 0 Å². The number of halogens is 1. The van der Waals surface area contributed by atoms with E-state index in [-0.39, 0.29) is 5.97 Å². The third-order valence-electron chi connectivity index (χ3n) is 3.16. The van der Waals surface area contributed by atoms with Crippen molar-refractivity contribution in [2.45, 2.75) is 44.0 Å². The third-order valence-corrected chi connectivity index (χ3v) is 4.65. The Kier molecular flexibility index (Phi) is 8.37.